The van der Waals surface area contributed by atoms with Gasteiger partial charge in [0.05, 0.1) is 12.1 Å². The summed E-state index contributed by atoms with van der Waals surface area (Å²) in [6.07, 6.45) is 0.201. The number of nitrogens with one attached hydrogen (secondary N) is 1. The van der Waals surface area contributed by atoms with Crippen LogP contribution in [0.15, 0.2) is 34.7 Å². The Labute approximate surface area is 142 Å². The van der Waals surface area contributed by atoms with Crippen molar-refractivity contribution in [3.8, 4) is 11.5 Å². The number of aryl methyl sites for hydroxylation is 1. The zero-order valence-corrected chi connectivity index (χ0v) is 14.2. The molecule has 1 amide bonds. The van der Waals surface area contributed by atoms with Crippen molar-refractivity contribution in [1.29, 1.82) is 0 Å². The highest BCUT2D eigenvalue weighted by molar-refractivity contribution is 5.85. The van der Waals surface area contributed by atoms with E-state index in [1.165, 1.54) is 0 Å². The number of hydrogen-bond acceptors (Lipinski definition) is 4. The lowest BCUT2D eigenvalue weighted by Crippen LogP contribution is -2.38. The van der Waals surface area contributed by atoms with Crippen LogP contribution < -0.4 is 11.1 Å². The van der Waals surface area contributed by atoms with Crippen molar-refractivity contribution < 1.29 is 9.21 Å². The van der Waals surface area contributed by atoms with E-state index in [4.69, 9.17) is 10.2 Å². The van der Waals surface area contributed by atoms with Gasteiger partial charge in [0.1, 0.15) is 5.76 Å². The minimum Gasteiger partial charge on any atom is -0.441 e. The summed E-state index contributed by atoms with van der Waals surface area (Å²) >= 11 is 0. The normalized spacial score (nSPS) is 11.0. The molecule has 1 heterocycles. The Morgan fingerprint density at radius 2 is 1.95 bits per heavy atom. The number of oxazole rings is 1. The van der Waals surface area contributed by atoms with Gasteiger partial charge >= 0.3 is 0 Å². The Kier molecular flexibility index (Phi) is 8.79. The monoisotopic (exact) mass is 345 g/mol. The Morgan fingerprint density at radius 1 is 1.32 bits per heavy atom. The molecule has 1 atom stereocenters. The summed E-state index contributed by atoms with van der Waals surface area (Å²) in [6, 6.07) is 9.58. The maximum atomic E-state index is 11.8. The van der Waals surface area contributed by atoms with Crippen molar-refractivity contribution in [3.63, 3.8) is 0 Å². The highest BCUT2D eigenvalue weighted by Gasteiger charge is 2.15. The van der Waals surface area contributed by atoms with E-state index in [9.17, 15) is 4.79 Å². The summed E-state index contributed by atoms with van der Waals surface area (Å²) in [6.45, 7) is 4.09. The van der Waals surface area contributed by atoms with Crippen LogP contribution in [0.25, 0.3) is 11.5 Å². The number of nitrogens with zero attached hydrogens (tertiary/aromatic N) is 1. The standard InChI is InChI=1S/C15H19N3O2.2ClH/c1-10(9-16)17-14(19)8-13-11(2)20-15(18-13)12-6-4-3-5-7-12;;/h3-7,10H,8-9,16H2,1-2H3,(H,17,19);2*1H/t10-;;/m0../s1. The van der Waals surface area contributed by atoms with E-state index in [-0.39, 0.29) is 43.2 Å². The number of nitrogens with two attached hydrogens (primary N) is 1. The van der Waals surface area contributed by atoms with Crippen molar-refractivity contribution in [1.82, 2.24) is 10.3 Å². The zero-order valence-electron chi connectivity index (χ0n) is 12.5. The molecule has 0 aliphatic rings. The highest BCUT2D eigenvalue weighted by atomic mass is 35.5. The first-order chi connectivity index (χ1) is 9.60. The van der Waals surface area contributed by atoms with E-state index in [1.54, 1.807) is 0 Å². The van der Waals surface area contributed by atoms with Crippen LogP contribution >= 0.6 is 24.8 Å². The van der Waals surface area contributed by atoms with Crippen LogP contribution in [0.5, 0.6) is 0 Å². The molecule has 22 heavy (non-hydrogen) atoms. The predicted molar refractivity (Wildman–Crippen MR) is 91.5 cm³/mol. The van der Waals surface area contributed by atoms with Gasteiger partial charge in [0.15, 0.2) is 0 Å². The first kappa shape index (κ1) is 20.4. The molecule has 3 N–H and O–H groups in total. The van der Waals surface area contributed by atoms with E-state index in [0.717, 1.165) is 5.56 Å². The van der Waals surface area contributed by atoms with Crippen LogP contribution in [0.3, 0.4) is 0 Å². The second-order valence-electron chi connectivity index (χ2n) is 4.77. The van der Waals surface area contributed by atoms with Crippen molar-refractivity contribution in [2.24, 2.45) is 5.73 Å². The molecule has 0 bridgehead atoms. The van der Waals surface area contributed by atoms with Gasteiger partial charge in [-0.2, -0.15) is 0 Å². The fourth-order valence-electron chi connectivity index (χ4n) is 1.83. The molecule has 7 heteroatoms. The van der Waals surface area contributed by atoms with E-state index in [2.05, 4.69) is 10.3 Å². The number of aromatic nitrogens is 1. The van der Waals surface area contributed by atoms with Gasteiger partial charge in [-0.15, -0.1) is 24.8 Å². The number of carbonyl (C=O) groups is 1. The molecule has 0 fully saturated rings. The smallest absolute Gasteiger partial charge is 0.226 e. The highest BCUT2D eigenvalue weighted by Crippen LogP contribution is 2.21. The van der Waals surface area contributed by atoms with Crippen LogP contribution in [0, 0.1) is 6.92 Å². The fourth-order valence-corrected chi connectivity index (χ4v) is 1.83. The van der Waals surface area contributed by atoms with Gasteiger partial charge < -0.3 is 15.5 Å². The minimum atomic E-state index is -0.0982. The molecule has 0 spiro atoms. The van der Waals surface area contributed by atoms with Gasteiger partial charge in [0.25, 0.3) is 0 Å². The van der Waals surface area contributed by atoms with Crippen LogP contribution in [-0.2, 0) is 11.2 Å². The topological polar surface area (TPSA) is 81.2 Å². The van der Waals surface area contributed by atoms with Crippen LogP contribution in [-0.4, -0.2) is 23.5 Å². The predicted octanol–water partition coefficient (Wildman–Crippen LogP) is 2.50. The van der Waals surface area contributed by atoms with Gasteiger partial charge in [0, 0.05) is 18.2 Å². The van der Waals surface area contributed by atoms with Crippen molar-refractivity contribution in [2.75, 3.05) is 6.54 Å². The molecule has 1 aromatic carbocycles. The largest absolute Gasteiger partial charge is 0.441 e. The fraction of sp³-hybridized carbons (Fsp3) is 0.333. The lowest BCUT2D eigenvalue weighted by molar-refractivity contribution is -0.121. The zero-order chi connectivity index (χ0) is 14.5. The summed E-state index contributed by atoms with van der Waals surface area (Å²) in [5, 5.41) is 2.81. The molecular weight excluding hydrogens is 325 g/mol. The third-order valence-electron chi connectivity index (χ3n) is 3.00. The molecule has 0 aliphatic carbocycles. The molecular formula is C15H21Cl2N3O2. The average Bonchev–Trinajstić information content (AvgIpc) is 2.81. The van der Waals surface area contributed by atoms with Crippen LogP contribution in [0.4, 0.5) is 0 Å². The number of amides is 1. The number of benzene rings is 1. The molecule has 0 saturated carbocycles. The van der Waals surface area contributed by atoms with Crippen LogP contribution in [0.1, 0.15) is 18.4 Å². The Morgan fingerprint density at radius 3 is 2.55 bits per heavy atom. The minimum absolute atomic E-state index is 0. The van der Waals surface area contributed by atoms with Gasteiger partial charge in [-0.25, -0.2) is 4.98 Å². The Balaban J connectivity index is 0.00000220. The summed E-state index contributed by atoms with van der Waals surface area (Å²) in [5.41, 5.74) is 7.03. The molecule has 0 saturated heterocycles. The molecule has 5 nitrogen and oxygen atoms in total. The first-order valence-electron chi connectivity index (χ1n) is 6.61. The quantitative estimate of drug-likeness (QED) is 0.872. The van der Waals surface area contributed by atoms with Crippen molar-refractivity contribution in [2.45, 2.75) is 26.3 Å². The van der Waals surface area contributed by atoms with E-state index < -0.39 is 0 Å². The van der Waals surface area contributed by atoms with E-state index in [1.807, 2.05) is 44.2 Å². The lowest BCUT2D eigenvalue weighted by Gasteiger charge is -2.10. The average molecular weight is 346 g/mol. The van der Waals surface area contributed by atoms with Gasteiger partial charge in [-0.05, 0) is 26.0 Å². The maximum Gasteiger partial charge on any atom is 0.226 e. The first-order valence-corrected chi connectivity index (χ1v) is 6.61. The lowest BCUT2D eigenvalue weighted by atomic mass is 10.2. The number of hydrogen-bond donors (Lipinski definition) is 2. The summed E-state index contributed by atoms with van der Waals surface area (Å²) in [7, 11) is 0. The third-order valence-corrected chi connectivity index (χ3v) is 3.00. The Bertz CT molecular complexity index is 588. The second-order valence-corrected chi connectivity index (χ2v) is 4.77. The molecule has 0 aliphatic heterocycles. The molecule has 1 aromatic heterocycles. The van der Waals surface area contributed by atoms with Gasteiger partial charge in [-0.3, -0.25) is 4.79 Å². The maximum absolute atomic E-state index is 11.8. The third kappa shape index (κ3) is 5.33. The molecule has 0 radical (unpaired) electrons. The second kappa shape index (κ2) is 9.46. The van der Waals surface area contributed by atoms with Crippen molar-refractivity contribution >= 4 is 30.7 Å². The van der Waals surface area contributed by atoms with Gasteiger partial charge in [0.2, 0.25) is 11.8 Å². The number of carbonyl (C=O) groups excluding carboxylic acids is 1. The van der Waals surface area contributed by atoms with E-state index >= 15 is 0 Å². The van der Waals surface area contributed by atoms with Gasteiger partial charge in [-0.1, -0.05) is 18.2 Å². The number of rotatable bonds is 5. The van der Waals surface area contributed by atoms with Crippen molar-refractivity contribution in [3.05, 3.63) is 41.8 Å². The number of halogens is 2. The summed E-state index contributed by atoms with van der Waals surface area (Å²) in [5.74, 6) is 1.11. The summed E-state index contributed by atoms with van der Waals surface area (Å²) < 4.78 is 5.62. The Hall–Kier alpha value is -1.56. The molecule has 122 valence electrons. The van der Waals surface area contributed by atoms with E-state index in [0.29, 0.717) is 23.9 Å². The molecule has 2 aromatic rings. The summed E-state index contributed by atoms with van der Waals surface area (Å²) in [4.78, 5) is 16.2. The van der Waals surface area contributed by atoms with Crippen LogP contribution in [0.2, 0.25) is 0 Å². The molecule has 0 unspecified atom stereocenters. The molecule has 2 rings (SSSR count). The SMILES string of the molecule is Cc1oc(-c2ccccc2)nc1CC(=O)N[C@@H](C)CN.Cl.Cl.